The van der Waals surface area contributed by atoms with Gasteiger partial charge in [-0.1, -0.05) is 40.9 Å². The van der Waals surface area contributed by atoms with Crippen LogP contribution in [0.4, 0.5) is 4.39 Å². The molecule has 3 aromatic rings. The zero-order valence-electron chi connectivity index (χ0n) is 14.2. The number of Topliss-reactive ketones (excluding diaryl/α,β-unsaturated/α-hetero) is 1. The number of halogens is 3. The van der Waals surface area contributed by atoms with E-state index in [9.17, 15) is 17.6 Å². The molecule has 4 nitrogen and oxygen atoms in total. The van der Waals surface area contributed by atoms with Gasteiger partial charge in [-0.2, -0.15) is 0 Å². The van der Waals surface area contributed by atoms with Crippen molar-refractivity contribution in [2.75, 3.05) is 0 Å². The Hall–Kier alpha value is -1.89. The third kappa shape index (κ3) is 2.78. The van der Waals surface area contributed by atoms with E-state index in [0.717, 1.165) is 9.54 Å². The molecule has 1 heterocycles. The van der Waals surface area contributed by atoms with Gasteiger partial charge in [0, 0.05) is 5.39 Å². The Morgan fingerprint density at radius 3 is 2.41 bits per heavy atom. The summed E-state index contributed by atoms with van der Waals surface area (Å²) in [6, 6.07) is 9.18. The number of aryl methyl sites for hydroxylation is 2. The van der Waals surface area contributed by atoms with E-state index in [-0.39, 0.29) is 39.0 Å². The van der Waals surface area contributed by atoms with Gasteiger partial charge in [0.1, 0.15) is 5.69 Å². The summed E-state index contributed by atoms with van der Waals surface area (Å²) in [4.78, 5) is 12.6. The molecule has 1 unspecified atom stereocenters. The molecule has 0 amide bonds. The topological polar surface area (TPSA) is 56.1 Å². The molecule has 1 aliphatic carbocycles. The van der Waals surface area contributed by atoms with Crippen molar-refractivity contribution in [3.63, 3.8) is 0 Å². The first-order valence-electron chi connectivity index (χ1n) is 8.24. The second-order valence-corrected chi connectivity index (χ2v) is 9.16. The number of benzene rings is 2. The van der Waals surface area contributed by atoms with Crippen molar-refractivity contribution in [3.05, 3.63) is 63.3 Å². The lowest BCUT2D eigenvalue weighted by Gasteiger charge is -2.18. The van der Waals surface area contributed by atoms with Crippen LogP contribution < -0.4 is 0 Å². The zero-order valence-corrected chi connectivity index (χ0v) is 16.5. The lowest BCUT2D eigenvalue weighted by Crippen LogP contribution is -2.28. The third-order valence-electron chi connectivity index (χ3n) is 4.80. The van der Waals surface area contributed by atoms with E-state index in [4.69, 9.17) is 23.2 Å². The van der Waals surface area contributed by atoms with Gasteiger partial charge in [-0.05, 0) is 49.6 Å². The summed E-state index contributed by atoms with van der Waals surface area (Å²) in [5, 5.41) is 0.894. The van der Waals surface area contributed by atoms with Crippen molar-refractivity contribution >= 4 is 49.9 Å². The van der Waals surface area contributed by atoms with E-state index in [1.807, 2.05) is 6.92 Å². The van der Waals surface area contributed by atoms with Gasteiger partial charge in [0.25, 0.3) is 10.0 Å². The summed E-state index contributed by atoms with van der Waals surface area (Å²) in [6.45, 7) is 1.84. The predicted molar refractivity (Wildman–Crippen MR) is 103 cm³/mol. The number of carbonyl (C=O) groups excluding carboxylic acids is 1. The van der Waals surface area contributed by atoms with Crippen LogP contribution in [0, 0.1) is 6.92 Å². The average Bonchev–Trinajstić information content (AvgIpc) is 2.94. The summed E-state index contributed by atoms with van der Waals surface area (Å²) in [5.74, 6) is -0.838. The van der Waals surface area contributed by atoms with Crippen LogP contribution in [0.15, 0.2) is 41.3 Å². The van der Waals surface area contributed by atoms with E-state index in [2.05, 4.69) is 0 Å². The third-order valence-corrected chi connectivity index (χ3v) is 7.25. The Labute approximate surface area is 165 Å². The minimum absolute atomic E-state index is 0.00709. The summed E-state index contributed by atoms with van der Waals surface area (Å²) in [7, 11) is -4.14. The number of alkyl halides is 1. The van der Waals surface area contributed by atoms with Gasteiger partial charge in [-0.25, -0.2) is 16.8 Å². The molecule has 0 saturated carbocycles. The molecule has 0 bridgehead atoms. The largest absolute Gasteiger partial charge is 0.289 e. The smallest absolute Gasteiger partial charge is 0.268 e. The molecule has 1 aliphatic rings. The second kappa shape index (κ2) is 6.33. The van der Waals surface area contributed by atoms with Gasteiger partial charge < -0.3 is 0 Å². The number of carbonyl (C=O) groups is 1. The highest BCUT2D eigenvalue weighted by Crippen LogP contribution is 2.39. The highest BCUT2D eigenvalue weighted by molar-refractivity contribution is 7.90. The van der Waals surface area contributed by atoms with Crippen molar-refractivity contribution in [2.45, 2.75) is 30.8 Å². The van der Waals surface area contributed by atoms with Crippen molar-refractivity contribution in [1.82, 2.24) is 3.97 Å². The van der Waals surface area contributed by atoms with Crippen LogP contribution in [0.2, 0.25) is 10.0 Å². The number of hydrogen-bond acceptors (Lipinski definition) is 3. The van der Waals surface area contributed by atoms with E-state index in [0.29, 0.717) is 10.9 Å². The van der Waals surface area contributed by atoms with Crippen LogP contribution in [-0.4, -0.2) is 24.3 Å². The Balaban J connectivity index is 2.12. The minimum Gasteiger partial charge on any atom is -0.289 e. The molecule has 0 radical (unpaired) electrons. The van der Waals surface area contributed by atoms with Gasteiger partial charge >= 0.3 is 0 Å². The number of fused-ring (bicyclic) bond motifs is 3. The lowest BCUT2D eigenvalue weighted by molar-refractivity contribution is 0.0850. The van der Waals surface area contributed by atoms with Crippen molar-refractivity contribution in [2.24, 2.45) is 0 Å². The lowest BCUT2D eigenvalue weighted by atomic mass is 9.93. The molecule has 27 heavy (non-hydrogen) atoms. The number of rotatable bonds is 2. The molecule has 0 aliphatic heterocycles. The number of nitrogens with zero attached hydrogens (tertiary/aromatic N) is 1. The first kappa shape index (κ1) is 18.5. The molecule has 1 aromatic heterocycles. The maximum absolute atomic E-state index is 14.2. The molecule has 0 saturated heterocycles. The molecule has 0 fully saturated rings. The van der Waals surface area contributed by atoms with Gasteiger partial charge in [0.05, 0.1) is 20.5 Å². The monoisotopic (exact) mass is 425 g/mol. The van der Waals surface area contributed by atoms with Crippen molar-refractivity contribution in [3.8, 4) is 0 Å². The van der Waals surface area contributed by atoms with Crippen LogP contribution in [0.5, 0.6) is 0 Å². The number of hydrogen-bond donors (Lipinski definition) is 0. The Kier molecular flexibility index (Phi) is 4.33. The van der Waals surface area contributed by atoms with Crippen molar-refractivity contribution < 1.29 is 17.6 Å². The standard InChI is InChI=1S/C19H14Cl2FNO3S/c1-10-2-4-11(5-3-10)27(25,26)23-17-9-15(21)14(20)8-13(17)12-6-7-16(22)19(24)18(12)23/h2-5,8-9,16H,6-7H2,1H3. The summed E-state index contributed by atoms with van der Waals surface area (Å²) in [5.41, 5.74) is 1.45. The van der Waals surface area contributed by atoms with Crippen LogP contribution in [0.25, 0.3) is 10.9 Å². The molecular formula is C19H14Cl2FNO3S. The molecule has 4 rings (SSSR count). The molecule has 8 heteroatoms. The fraction of sp³-hybridized carbons (Fsp3) is 0.211. The minimum atomic E-state index is -4.14. The van der Waals surface area contributed by atoms with Crippen LogP contribution in [0.1, 0.15) is 28.0 Å². The van der Waals surface area contributed by atoms with Crippen molar-refractivity contribution in [1.29, 1.82) is 0 Å². The van der Waals surface area contributed by atoms with Crippen LogP contribution in [-0.2, 0) is 16.4 Å². The highest BCUT2D eigenvalue weighted by atomic mass is 35.5. The van der Waals surface area contributed by atoms with Gasteiger partial charge in [0.15, 0.2) is 6.17 Å². The predicted octanol–water partition coefficient (Wildman–Crippen LogP) is 4.96. The van der Waals surface area contributed by atoms with E-state index in [1.165, 1.54) is 24.3 Å². The van der Waals surface area contributed by atoms with E-state index < -0.39 is 22.0 Å². The Morgan fingerprint density at radius 1 is 1.11 bits per heavy atom. The summed E-state index contributed by atoms with van der Waals surface area (Å²) >= 11 is 12.2. The maximum atomic E-state index is 14.2. The quantitative estimate of drug-likeness (QED) is 0.582. The molecule has 2 aromatic carbocycles. The van der Waals surface area contributed by atoms with Gasteiger partial charge in [0.2, 0.25) is 5.78 Å². The zero-order chi connectivity index (χ0) is 19.5. The Morgan fingerprint density at radius 2 is 1.74 bits per heavy atom. The molecule has 140 valence electrons. The highest BCUT2D eigenvalue weighted by Gasteiger charge is 2.37. The summed E-state index contributed by atoms with van der Waals surface area (Å²) < 4.78 is 41.8. The molecule has 0 N–H and O–H groups in total. The van der Waals surface area contributed by atoms with E-state index >= 15 is 0 Å². The first-order valence-corrected chi connectivity index (χ1v) is 10.4. The second-order valence-electron chi connectivity index (χ2n) is 6.56. The van der Waals surface area contributed by atoms with Gasteiger partial charge in [-0.3, -0.25) is 4.79 Å². The Bertz CT molecular complexity index is 1200. The average molecular weight is 426 g/mol. The number of aromatic nitrogens is 1. The summed E-state index contributed by atoms with van der Waals surface area (Å²) in [6.07, 6.45) is -1.48. The fourth-order valence-corrected chi connectivity index (χ4v) is 5.30. The van der Waals surface area contributed by atoms with Gasteiger partial charge in [-0.15, -0.1) is 0 Å². The SMILES string of the molecule is Cc1ccc(S(=O)(=O)n2c3c(c4cc(Cl)c(Cl)cc42)CCC(F)C3=O)cc1. The van der Waals surface area contributed by atoms with E-state index in [1.54, 1.807) is 12.1 Å². The normalized spacial score (nSPS) is 17.3. The molecular weight excluding hydrogens is 412 g/mol. The fourth-order valence-electron chi connectivity index (χ4n) is 3.43. The molecule has 1 atom stereocenters. The first-order chi connectivity index (χ1) is 12.7. The van der Waals surface area contributed by atoms with Crippen LogP contribution >= 0.6 is 23.2 Å². The maximum Gasteiger partial charge on any atom is 0.268 e. The number of ketones is 1. The molecule has 0 spiro atoms. The van der Waals surface area contributed by atoms with Crippen LogP contribution in [0.3, 0.4) is 0 Å².